The van der Waals surface area contributed by atoms with Gasteiger partial charge in [0.1, 0.15) is 0 Å². The Kier molecular flexibility index (Phi) is 3.80. The van der Waals surface area contributed by atoms with Crippen molar-refractivity contribution >= 4 is 0 Å². The lowest BCUT2D eigenvalue weighted by Crippen LogP contribution is -2.31. The Morgan fingerprint density at radius 2 is 1.89 bits per heavy atom. The highest BCUT2D eigenvalue weighted by Gasteiger charge is 1.94. The van der Waals surface area contributed by atoms with E-state index in [1.54, 1.807) is 6.20 Å². The molecule has 0 unspecified atom stereocenters. The highest BCUT2D eigenvalue weighted by molar-refractivity contribution is 4.72. The summed E-state index contributed by atoms with van der Waals surface area (Å²) in [5, 5.41) is 3.90. The third-order valence-electron chi connectivity index (χ3n) is 1.20. The summed E-state index contributed by atoms with van der Waals surface area (Å²) in [6.45, 7) is 8.08. The third kappa shape index (κ3) is 2.93. The Morgan fingerprint density at radius 1 is 1.33 bits per heavy atom. The van der Waals surface area contributed by atoms with Gasteiger partial charge in [-0.3, -0.25) is 0 Å². The minimum atomic E-state index is 0.850. The molecule has 0 atom stereocenters. The summed E-state index contributed by atoms with van der Waals surface area (Å²) in [7, 11) is 3.92. The number of likely N-dealkylation sites (N-methyl/N-ethyl adjacent to an activating group) is 1. The van der Waals surface area contributed by atoms with Crippen molar-refractivity contribution in [2.75, 3.05) is 20.6 Å². The molecule has 0 aromatic heterocycles. The second kappa shape index (κ2) is 4.15. The van der Waals surface area contributed by atoms with Crippen molar-refractivity contribution in [3.8, 4) is 0 Å². The van der Waals surface area contributed by atoms with Gasteiger partial charge in [-0.15, -0.1) is 6.58 Å². The van der Waals surface area contributed by atoms with Crippen LogP contribution < -0.4 is 0 Å². The first-order chi connectivity index (χ1) is 4.22. The molecule has 9 heavy (non-hydrogen) atoms. The van der Waals surface area contributed by atoms with Gasteiger partial charge in [0.05, 0.1) is 0 Å². The molecular formula is C7H14N2. The summed E-state index contributed by atoms with van der Waals surface area (Å²) in [5.41, 5.74) is 0. The Hall–Kier alpha value is -0.760. The van der Waals surface area contributed by atoms with Crippen molar-refractivity contribution in [2.24, 2.45) is 0 Å². The fraction of sp³-hybridized carbons (Fsp3) is 0.429. The zero-order valence-corrected chi connectivity index (χ0v) is 6.17. The predicted octanol–water partition coefficient (Wildman–Crippen LogP) is 1.09. The van der Waals surface area contributed by atoms with Crippen LogP contribution in [0.25, 0.3) is 0 Å². The summed E-state index contributed by atoms with van der Waals surface area (Å²) in [6.07, 6.45) is 3.60. The van der Waals surface area contributed by atoms with E-state index in [4.69, 9.17) is 0 Å². The van der Waals surface area contributed by atoms with Crippen LogP contribution in [-0.2, 0) is 0 Å². The van der Waals surface area contributed by atoms with E-state index in [1.807, 2.05) is 30.2 Å². The van der Waals surface area contributed by atoms with Gasteiger partial charge in [0.2, 0.25) is 0 Å². The lowest BCUT2D eigenvalue weighted by Gasteiger charge is -2.24. The maximum absolute atomic E-state index is 3.61. The lowest BCUT2D eigenvalue weighted by atomic mass is 10.6. The molecule has 0 amide bonds. The highest BCUT2D eigenvalue weighted by Crippen LogP contribution is 1.88. The number of hydrogen-bond donors (Lipinski definition) is 0. The van der Waals surface area contributed by atoms with Gasteiger partial charge in [-0.05, 0) is 0 Å². The molecule has 0 N–H and O–H groups in total. The third-order valence-corrected chi connectivity index (χ3v) is 1.20. The van der Waals surface area contributed by atoms with Crippen LogP contribution >= 0.6 is 0 Å². The monoisotopic (exact) mass is 126 g/mol. The van der Waals surface area contributed by atoms with E-state index in [0.29, 0.717) is 0 Å². The molecule has 0 spiro atoms. The van der Waals surface area contributed by atoms with Crippen LogP contribution in [0.3, 0.4) is 0 Å². The summed E-state index contributed by atoms with van der Waals surface area (Å²) in [4.78, 5) is 0. The topological polar surface area (TPSA) is 6.48 Å². The normalized spacial score (nSPS) is 9.22. The first kappa shape index (κ1) is 8.24. The molecule has 0 radical (unpaired) electrons. The van der Waals surface area contributed by atoms with Crippen LogP contribution in [0.5, 0.6) is 0 Å². The Balaban J connectivity index is 3.56. The van der Waals surface area contributed by atoms with Gasteiger partial charge < -0.3 is 5.01 Å². The zero-order valence-electron chi connectivity index (χ0n) is 6.17. The quantitative estimate of drug-likeness (QED) is 0.411. The van der Waals surface area contributed by atoms with Crippen molar-refractivity contribution in [1.29, 1.82) is 0 Å². The molecule has 0 saturated carbocycles. The van der Waals surface area contributed by atoms with E-state index >= 15 is 0 Å². The molecule has 0 aromatic carbocycles. The predicted molar refractivity (Wildman–Crippen MR) is 40.8 cm³/mol. The van der Waals surface area contributed by atoms with E-state index in [9.17, 15) is 0 Å². The van der Waals surface area contributed by atoms with E-state index in [-0.39, 0.29) is 0 Å². The van der Waals surface area contributed by atoms with Crippen LogP contribution in [0.1, 0.15) is 0 Å². The molecule has 2 nitrogen and oxygen atoms in total. The van der Waals surface area contributed by atoms with Crippen molar-refractivity contribution in [2.45, 2.75) is 0 Å². The van der Waals surface area contributed by atoms with Crippen LogP contribution in [0.2, 0.25) is 0 Å². The largest absolute Gasteiger partial charge is 0.317 e. The van der Waals surface area contributed by atoms with Crippen LogP contribution in [-0.4, -0.2) is 30.7 Å². The minimum Gasteiger partial charge on any atom is -0.317 e. The number of nitrogens with zero attached hydrogens (tertiary/aromatic N) is 2. The average Bonchev–Trinajstić information content (AvgIpc) is 1.87. The standard InChI is InChI=1S/C7H14N2/c1-5-7-9(4)8(3)6-2/h5-6H,1-2,7H2,3-4H3. The van der Waals surface area contributed by atoms with Crippen molar-refractivity contribution in [3.05, 3.63) is 25.4 Å². The fourth-order valence-corrected chi connectivity index (χ4v) is 0.455. The number of hydrazine groups is 1. The molecule has 0 aliphatic rings. The summed E-state index contributed by atoms with van der Waals surface area (Å²) >= 11 is 0. The smallest absolute Gasteiger partial charge is 0.0355 e. The molecule has 0 heterocycles. The Labute approximate surface area is 57.0 Å². The first-order valence-corrected chi connectivity index (χ1v) is 2.89. The van der Waals surface area contributed by atoms with Gasteiger partial charge in [-0.2, -0.15) is 0 Å². The SMILES string of the molecule is C=CCN(C)N(C)C=C. The minimum absolute atomic E-state index is 0.850. The van der Waals surface area contributed by atoms with Gasteiger partial charge >= 0.3 is 0 Å². The maximum Gasteiger partial charge on any atom is 0.0355 e. The van der Waals surface area contributed by atoms with Gasteiger partial charge in [0.15, 0.2) is 0 Å². The lowest BCUT2D eigenvalue weighted by molar-refractivity contribution is 0.0965. The molecule has 0 rings (SSSR count). The molecule has 2 heteroatoms. The van der Waals surface area contributed by atoms with Gasteiger partial charge in [0, 0.05) is 26.8 Å². The number of rotatable bonds is 4. The van der Waals surface area contributed by atoms with Crippen LogP contribution in [0, 0.1) is 0 Å². The van der Waals surface area contributed by atoms with Crippen LogP contribution in [0.15, 0.2) is 25.4 Å². The molecule has 52 valence electrons. The Morgan fingerprint density at radius 3 is 2.22 bits per heavy atom. The molecular weight excluding hydrogens is 112 g/mol. The summed E-state index contributed by atoms with van der Waals surface area (Å²) < 4.78 is 0. The molecule has 0 aliphatic heterocycles. The van der Waals surface area contributed by atoms with Crippen molar-refractivity contribution in [1.82, 2.24) is 10.0 Å². The van der Waals surface area contributed by atoms with E-state index < -0.39 is 0 Å². The number of hydrogen-bond acceptors (Lipinski definition) is 2. The van der Waals surface area contributed by atoms with Gasteiger partial charge in [-0.1, -0.05) is 12.7 Å². The molecule has 0 aliphatic carbocycles. The van der Waals surface area contributed by atoms with Gasteiger partial charge in [0.25, 0.3) is 0 Å². The van der Waals surface area contributed by atoms with Crippen molar-refractivity contribution < 1.29 is 0 Å². The van der Waals surface area contributed by atoms with Crippen molar-refractivity contribution in [3.63, 3.8) is 0 Å². The highest BCUT2D eigenvalue weighted by atomic mass is 15.6. The van der Waals surface area contributed by atoms with E-state index in [0.717, 1.165) is 6.54 Å². The van der Waals surface area contributed by atoms with Gasteiger partial charge in [-0.25, -0.2) is 5.01 Å². The fourth-order valence-electron chi connectivity index (χ4n) is 0.455. The van der Waals surface area contributed by atoms with E-state index in [1.165, 1.54) is 0 Å². The Bertz CT molecular complexity index is 99.1. The van der Waals surface area contributed by atoms with E-state index in [2.05, 4.69) is 13.2 Å². The molecule has 0 fully saturated rings. The zero-order chi connectivity index (χ0) is 7.28. The summed E-state index contributed by atoms with van der Waals surface area (Å²) in [6, 6.07) is 0. The van der Waals surface area contributed by atoms with Crippen LogP contribution in [0.4, 0.5) is 0 Å². The second-order valence-corrected chi connectivity index (χ2v) is 1.89. The summed E-state index contributed by atoms with van der Waals surface area (Å²) in [5.74, 6) is 0. The second-order valence-electron chi connectivity index (χ2n) is 1.89. The average molecular weight is 126 g/mol. The molecule has 0 saturated heterocycles. The molecule has 0 bridgehead atoms. The maximum atomic E-state index is 3.61. The first-order valence-electron chi connectivity index (χ1n) is 2.89. The molecule has 0 aromatic rings.